The molecule has 0 spiro atoms. The van der Waals surface area contributed by atoms with Crippen molar-refractivity contribution < 1.29 is 4.79 Å². The van der Waals surface area contributed by atoms with Crippen molar-refractivity contribution in [3.8, 4) is 0 Å². The van der Waals surface area contributed by atoms with Gasteiger partial charge >= 0.3 is 0 Å². The molecule has 0 bridgehead atoms. The maximum atomic E-state index is 11.8. The third-order valence-corrected chi connectivity index (χ3v) is 4.06. The maximum Gasteiger partial charge on any atom is 0.251 e. The molecule has 2 nitrogen and oxygen atoms in total. The summed E-state index contributed by atoms with van der Waals surface area (Å²) >= 11 is 10.8. The van der Waals surface area contributed by atoms with Gasteiger partial charge < -0.3 is 5.32 Å². The minimum atomic E-state index is -0.114. The van der Waals surface area contributed by atoms with Gasteiger partial charge in [-0.1, -0.05) is 17.7 Å². The van der Waals surface area contributed by atoms with Crippen LogP contribution in [0.25, 0.3) is 0 Å². The van der Waals surface area contributed by atoms with Gasteiger partial charge in [-0.05, 0) is 40.2 Å². The third-order valence-electron chi connectivity index (χ3n) is 2.13. The van der Waals surface area contributed by atoms with Gasteiger partial charge in [-0.3, -0.25) is 4.79 Å². The third kappa shape index (κ3) is 3.56. The first kappa shape index (κ1) is 12.6. The molecule has 0 atom stereocenters. The standard InChI is InChI=1S/C12H9BrClNOS/c13-9-5-11(17-7-9)6-15-12(16)8-2-1-3-10(14)4-8/h1-5,7H,6H2,(H,15,16). The van der Waals surface area contributed by atoms with E-state index in [-0.39, 0.29) is 5.91 Å². The van der Waals surface area contributed by atoms with E-state index >= 15 is 0 Å². The molecule has 0 saturated carbocycles. The Morgan fingerprint density at radius 1 is 1.41 bits per heavy atom. The zero-order chi connectivity index (χ0) is 12.3. The van der Waals surface area contributed by atoms with Gasteiger partial charge in [0, 0.05) is 25.3 Å². The summed E-state index contributed by atoms with van der Waals surface area (Å²) in [7, 11) is 0. The number of carbonyl (C=O) groups excluding carboxylic acids is 1. The highest BCUT2D eigenvalue weighted by atomic mass is 79.9. The van der Waals surface area contributed by atoms with Gasteiger partial charge in [-0.2, -0.15) is 0 Å². The van der Waals surface area contributed by atoms with Crippen LogP contribution in [-0.2, 0) is 6.54 Å². The first-order chi connectivity index (χ1) is 8.15. The van der Waals surface area contributed by atoms with Gasteiger partial charge in [0.05, 0.1) is 6.54 Å². The Balaban J connectivity index is 1.98. The fraction of sp³-hybridized carbons (Fsp3) is 0.0833. The van der Waals surface area contributed by atoms with Crippen molar-refractivity contribution in [1.29, 1.82) is 0 Å². The summed E-state index contributed by atoms with van der Waals surface area (Å²) < 4.78 is 1.04. The average Bonchev–Trinajstić information content (AvgIpc) is 2.72. The highest BCUT2D eigenvalue weighted by molar-refractivity contribution is 9.10. The summed E-state index contributed by atoms with van der Waals surface area (Å²) in [5.41, 5.74) is 0.577. The first-order valence-corrected chi connectivity index (χ1v) is 6.97. The SMILES string of the molecule is O=C(NCc1cc(Br)cs1)c1cccc(Cl)c1. The highest BCUT2D eigenvalue weighted by Crippen LogP contribution is 2.19. The van der Waals surface area contributed by atoms with Gasteiger partial charge in [0.15, 0.2) is 0 Å². The largest absolute Gasteiger partial charge is 0.347 e. The van der Waals surface area contributed by atoms with E-state index in [4.69, 9.17) is 11.6 Å². The van der Waals surface area contributed by atoms with E-state index in [2.05, 4.69) is 21.2 Å². The zero-order valence-corrected chi connectivity index (χ0v) is 11.9. The van der Waals surface area contributed by atoms with E-state index < -0.39 is 0 Å². The summed E-state index contributed by atoms with van der Waals surface area (Å²) in [5.74, 6) is -0.114. The monoisotopic (exact) mass is 329 g/mol. The van der Waals surface area contributed by atoms with Crippen LogP contribution in [0.4, 0.5) is 0 Å². The van der Waals surface area contributed by atoms with Crippen LogP contribution in [0.1, 0.15) is 15.2 Å². The molecule has 0 saturated heterocycles. The topological polar surface area (TPSA) is 29.1 Å². The Kier molecular flexibility index (Phi) is 4.20. The van der Waals surface area contributed by atoms with Gasteiger partial charge in [-0.15, -0.1) is 11.3 Å². The molecule has 0 radical (unpaired) electrons. The molecule has 1 heterocycles. The number of hydrogen-bond donors (Lipinski definition) is 1. The average molecular weight is 331 g/mol. The zero-order valence-electron chi connectivity index (χ0n) is 8.74. The fourth-order valence-corrected chi connectivity index (χ4v) is 2.93. The lowest BCUT2D eigenvalue weighted by molar-refractivity contribution is 0.0951. The fourth-order valence-electron chi connectivity index (χ4n) is 1.35. The molecule has 2 aromatic rings. The van der Waals surface area contributed by atoms with Crippen LogP contribution in [0.15, 0.2) is 40.2 Å². The van der Waals surface area contributed by atoms with Crippen LogP contribution in [0, 0.1) is 0 Å². The van der Waals surface area contributed by atoms with Crippen LogP contribution < -0.4 is 5.32 Å². The van der Waals surface area contributed by atoms with E-state index in [9.17, 15) is 4.79 Å². The predicted octanol–water partition coefficient (Wildman–Crippen LogP) is 4.09. The number of carbonyl (C=O) groups is 1. The molecule has 1 amide bonds. The normalized spacial score (nSPS) is 10.2. The molecule has 88 valence electrons. The van der Waals surface area contributed by atoms with Crippen molar-refractivity contribution in [2.24, 2.45) is 0 Å². The summed E-state index contributed by atoms with van der Waals surface area (Å²) in [6, 6.07) is 8.89. The Morgan fingerprint density at radius 3 is 2.88 bits per heavy atom. The van der Waals surface area contributed by atoms with E-state index in [0.717, 1.165) is 9.35 Å². The van der Waals surface area contributed by atoms with E-state index in [1.807, 2.05) is 11.4 Å². The second-order valence-electron chi connectivity index (χ2n) is 3.42. The summed E-state index contributed by atoms with van der Waals surface area (Å²) in [4.78, 5) is 12.9. The lowest BCUT2D eigenvalue weighted by atomic mass is 10.2. The predicted molar refractivity (Wildman–Crippen MR) is 74.6 cm³/mol. The second-order valence-corrected chi connectivity index (χ2v) is 5.77. The van der Waals surface area contributed by atoms with Crippen LogP contribution >= 0.6 is 38.9 Å². The number of thiophene rings is 1. The highest BCUT2D eigenvalue weighted by Gasteiger charge is 2.06. The summed E-state index contributed by atoms with van der Waals surface area (Å²) in [5, 5.41) is 5.40. The van der Waals surface area contributed by atoms with Gasteiger partial charge in [0.1, 0.15) is 0 Å². The van der Waals surface area contributed by atoms with E-state index in [0.29, 0.717) is 17.1 Å². The first-order valence-electron chi connectivity index (χ1n) is 4.92. The van der Waals surface area contributed by atoms with Crippen LogP contribution in [-0.4, -0.2) is 5.91 Å². The molecular weight excluding hydrogens is 322 g/mol. The molecule has 0 aliphatic carbocycles. The maximum absolute atomic E-state index is 11.8. The number of nitrogens with one attached hydrogen (secondary N) is 1. The molecule has 0 aliphatic heterocycles. The van der Waals surface area contributed by atoms with Crippen LogP contribution in [0.2, 0.25) is 5.02 Å². The van der Waals surface area contributed by atoms with Crippen molar-refractivity contribution in [1.82, 2.24) is 5.32 Å². The van der Waals surface area contributed by atoms with Crippen LogP contribution in [0.5, 0.6) is 0 Å². The lowest BCUT2D eigenvalue weighted by Crippen LogP contribution is -2.22. The Bertz CT molecular complexity index is 541. The molecular formula is C12H9BrClNOS. The molecule has 0 aliphatic rings. The smallest absolute Gasteiger partial charge is 0.251 e. The van der Waals surface area contributed by atoms with Crippen LogP contribution in [0.3, 0.4) is 0 Å². The number of hydrogen-bond acceptors (Lipinski definition) is 2. The second kappa shape index (κ2) is 5.67. The van der Waals surface area contributed by atoms with Crippen molar-refractivity contribution >= 4 is 44.8 Å². The van der Waals surface area contributed by atoms with Crippen molar-refractivity contribution in [3.63, 3.8) is 0 Å². The number of halogens is 2. The number of benzene rings is 1. The molecule has 0 fully saturated rings. The number of rotatable bonds is 3. The molecule has 2 rings (SSSR count). The lowest BCUT2D eigenvalue weighted by Gasteiger charge is -2.03. The molecule has 1 aromatic carbocycles. The molecule has 0 unspecified atom stereocenters. The number of amides is 1. The minimum Gasteiger partial charge on any atom is -0.347 e. The molecule has 1 N–H and O–H groups in total. The van der Waals surface area contributed by atoms with Gasteiger partial charge in [0.2, 0.25) is 0 Å². The quantitative estimate of drug-likeness (QED) is 0.902. The molecule has 17 heavy (non-hydrogen) atoms. The van der Waals surface area contributed by atoms with Crippen molar-refractivity contribution in [2.75, 3.05) is 0 Å². The summed E-state index contributed by atoms with van der Waals surface area (Å²) in [6.07, 6.45) is 0. The van der Waals surface area contributed by atoms with Gasteiger partial charge in [0.25, 0.3) is 5.91 Å². The van der Waals surface area contributed by atoms with E-state index in [1.54, 1.807) is 35.6 Å². The minimum absolute atomic E-state index is 0.114. The summed E-state index contributed by atoms with van der Waals surface area (Å²) in [6.45, 7) is 0.529. The molecule has 1 aromatic heterocycles. The van der Waals surface area contributed by atoms with E-state index in [1.165, 1.54) is 0 Å². The Morgan fingerprint density at radius 2 is 2.24 bits per heavy atom. The van der Waals surface area contributed by atoms with Crippen molar-refractivity contribution in [3.05, 3.63) is 55.6 Å². The Labute approximate surface area is 117 Å². The van der Waals surface area contributed by atoms with Gasteiger partial charge in [-0.25, -0.2) is 0 Å². The Hall–Kier alpha value is -0.840. The molecule has 5 heteroatoms. The van der Waals surface area contributed by atoms with Crippen molar-refractivity contribution in [2.45, 2.75) is 6.54 Å².